The molecule has 0 radical (unpaired) electrons. The predicted octanol–water partition coefficient (Wildman–Crippen LogP) is 4.64. The van der Waals surface area contributed by atoms with Crippen molar-refractivity contribution in [3.63, 3.8) is 0 Å². The summed E-state index contributed by atoms with van der Waals surface area (Å²) in [7, 11) is 0. The van der Waals surface area contributed by atoms with Gasteiger partial charge < -0.3 is 10.8 Å². The molecule has 2 aromatic rings. The molecular formula is C17H17Cl2NO2. The van der Waals surface area contributed by atoms with Crippen LogP contribution in [0.3, 0.4) is 0 Å². The Morgan fingerprint density at radius 3 is 2.32 bits per heavy atom. The quantitative estimate of drug-likeness (QED) is 0.806. The molecule has 5 heteroatoms. The molecule has 0 amide bonds. The van der Waals surface area contributed by atoms with Gasteiger partial charge in [-0.3, -0.25) is 4.79 Å². The lowest BCUT2D eigenvalue weighted by molar-refractivity contribution is -0.137. The third-order valence-electron chi connectivity index (χ3n) is 3.63. The van der Waals surface area contributed by atoms with E-state index in [9.17, 15) is 4.79 Å². The standard InChI is InChI=1S/C17H17Cl2NO2/c18-13-6-4-11(5-7-13)17(20)15(8-9-16(21)22)12-2-1-3-14(19)10-12/h1-7,10,15,17H,8-9,20H2,(H,21,22)/t15?,17-/m1/s1. The summed E-state index contributed by atoms with van der Waals surface area (Å²) in [5.74, 6) is -0.966. The number of halogens is 2. The fourth-order valence-corrected chi connectivity index (χ4v) is 2.81. The smallest absolute Gasteiger partial charge is 0.303 e. The van der Waals surface area contributed by atoms with Gasteiger partial charge in [-0.15, -0.1) is 0 Å². The van der Waals surface area contributed by atoms with E-state index in [4.69, 9.17) is 34.0 Å². The summed E-state index contributed by atoms with van der Waals surface area (Å²) in [6.45, 7) is 0. The molecule has 0 saturated carbocycles. The van der Waals surface area contributed by atoms with Gasteiger partial charge >= 0.3 is 5.97 Å². The summed E-state index contributed by atoms with van der Waals surface area (Å²) in [6.07, 6.45) is 0.498. The van der Waals surface area contributed by atoms with Gasteiger partial charge in [0.15, 0.2) is 0 Å². The summed E-state index contributed by atoms with van der Waals surface area (Å²) in [5, 5.41) is 10.2. The van der Waals surface area contributed by atoms with Crippen molar-refractivity contribution >= 4 is 29.2 Å². The van der Waals surface area contributed by atoms with Crippen LogP contribution in [0.15, 0.2) is 48.5 Å². The van der Waals surface area contributed by atoms with Crippen LogP contribution >= 0.6 is 23.2 Å². The lowest BCUT2D eigenvalue weighted by Gasteiger charge is -2.24. The van der Waals surface area contributed by atoms with Crippen molar-refractivity contribution in [1.82, 2.24) is 0 Å². The van der Waals surface area contributed by atoms with Gasteiger partial charge in [-0.2, -0.15) is 0 Å². The number of nitrogens with two attached hydrogens (primary N) is 1. The van der Waals surface area contributed by atoms with Crippen molar-refractivity contribution in [3.05, 3.63) is 69.7 Å². The molecule has 2 atom stereocenters. The van der Waals surface area contributed by atoms with Crippen LogP contribution in [0, 0.1) is 0 Å². The highest BCUT2D eigenvalue weighted by Crippen LogP contribution is 2.34. The van der Waals surface area contributed by atoms with Crippen molar-refractivity contribution in [2.24, 2.45) is 5.73 Å². The van der Waals surface area contributed by atoms with Gasteiger partial charge in [0.05, 0.1) is 0 Å². The zero-order valence-corrected chi connectivity index (χ0v) is 13.4. The normalized spacial score (nSPS) is 13.6. The molecule has 0 bridgehead atoms. The van der Waals surface area contributed by atoms with Gasteiger partial charge in [0.25, 0.3) is 0 Å². The largest absolute Gasteiger partial charge is 0.481 e. The molecule has 2 aromatic carbocycles. The first kappa shape index (κ1) is 16.8. The molecule has 3 nitrogen and oxygen atoms in total. The maximum absolute atomic E-state index is 10.9. The first-order valence-corrected chi connectivity index (χ1v) is 7.71. The predicted molar refractivity (Wildman–Crippen MR) is 89.4 cm³/mol. The number of benzene rings is 2. The van der Waals surface area contributed by atoms with Crippen LogP contribution in [0.4, 0.5) is 0 Å². The molecule has 22 heavy (non-hydrogen) atoms. The number of rotatable bonds is 6. The average molecular weight is 338 g/mol. The molecule has 0 aliphatic heterocycles. The number of hydrogen-bond donors (Lipinski definition) is 2. The Morgan fingerprint density at radius 1 is 1.05 bits per heavy atom. The molecule has 1 unspecified atom stereocenters. The number of aliphatic carboxylic acids is 1. The molecule has 2 rings (SSSR count). The fourth-order valence-electron chi connectivity index (χ4n) is 2.49. The maximum Gasteiger partial charge on any atom is 0.303 e. The van der Waals surface area contributed by atoms with Crippen LogP contribution in [0.1, 0.15) is 35.9 Å². The van der Waals surface area contributed by atoms with Crippen LogP contribution in [0.2, 0.25) is 10.0 Å². The second kappa shape index (κ2) is 7.63. The zero-order valence-electron chi connectivity index (χ0n) is 11.9. The van der Waals surface area contributed by atoms with E-state index in [0.717, 1.165) is 11.1 Å². The van der Waals surface area contributed by atoms with E-state index < -0.39 is 5.97 Å². The maximum atomic E-state index is 10.9. The number of hydrogen-bond acceptors (Lipinski definition) is 2. The Bertz CT molecular complexity index is 643. The molecule has 0 heterocycles. The van der Waals surface area contributed by atoms with E-state index in [1.54, 1.807) is 18.2 Å². The molecule has 0 aliphatic rings. The van der Waals surface area contributed by atoms with E-state index in [1.165, 1.54) is 0 Å². The van der Waals surface area contributed by atoms with Gasteiger partial charge in [0, 0.05) is 28.4 Å². The number of carbonyl (C=O) groups is 1. The van der Waals surface area contributed by atoms with Crippen LogP contribution in [0.5, 0.6) is 0 Å². The first-order chi connectivity index (χ1) is 10.5. The topological polar surface area (TPSA) is 63.3 Å². The van der Waals surface area contributed by atoms with Gasteiger partial charge in [-0.1, -0.05) is 47.5 Å². The molecule has 116 valence electrons. The van der Waals surface area contributed by atoms with Crippen LogP contribution in [-0.2, 0) is 4.79 Å². The van der Waals surface area contributed by atoms with Crippen molar-refractivity contribution in [2.75, 3.05) is 0 Å². The fraction of sp³-hybridized carbons (Fsp3) is 0.235. The third kappa shape index (κ3) is 4.47. The molecule has 0 spiro atoms. The van der Waals surface area contributed by atoms with Crippen molar-refractivity contribution in [3.8, 4) is 0 Å². The Kier molecular flexibility index (Phi) is 5.83. The van der Waals surface area contributed by atoms with Crippen molar-refractivity contribution in [1.29, 1.82) is 0 Å². The molecule has 0 aromatic heterocycles. The average Bonchev–Trinajstić information content (AvgIpc) is 2.48. The van der Waals surface area contributed by atoms with Gasteiger partial charge in [-0.25, -0.2) is 0 Å². The lowest BCUT2D eigenvalue weighted by Crippen LogP contribution is -2.21. The molecule has 0 aliphatic carbocycles. The summed E-state index contributed by atoms with van der Waals surface area (Å²) >= 11 is 11.9. The van der Waals surface area contributed by atoms with E-state index in [0.29, 0.717) is 16.5 Å². The van der Waals surface area contributed by atoms with Crippen LogP contribution in [-0.4, -0.2) is 11.1 Å². The minimum Gasteiger partial charge on any atom is -0.481 e. The van der Waals surface area contributed by atoms with Crippen molar-refractivity contribution < 1.29 is 9.90 Å². The Morgan fingerprint density at radius 2 is 1.73 bits per heavy atom. The number of carboxylic acid groups (broad SMARTS) is 1. The Labute approximate surface area is 139 Å². The van der Waals surface area contributed by atoms with Gasteiger partial charge in [-0.05, 0) is 41.8 Å². The summed E-state index contributed by atoms with van der Waals surface area (Å²) in [4.78, 5) is 10.9. The molecule has 0 saturated heterocycles. The SMILES string of the molecule is N[C@H](c1ccc(Cl)cc1)C(CCC(=O)O)c1cccc(Cl)c1. The van der Waals surface area contributed by atoms with Gasteiger partial charge in [0.1, 0.15) is 0 Å². The third-order valence-corrected chi connectivity index (χ3v) is 4.12. The van der Waals surface area contributed by atoms with E-state index in [-0.39, 0.29) is 18.4 Å². The first-order valence-electron chi connectivity index (χ1n) is 6.95. The van der Waals surface area contributed by atoms with Crippen molar-refractivity contribution in [2.45, 2.75) is 24.8 Å². The second-order valence-corrected chi connectivity index (χ2v) is 6.04. The number of carboxylic acids is 1. The minimum atomic E-state index is -0.838. The van der Waals surface area contributed by atoms with Crippen LogP contribution in [0.25, 0.3) is 0 Å². The highest BCUT2D eigenvalue weighted by atomic mass is 35.5. The highest BCUT2D eigenvalue weighted by Gasteiger charge is 2.22. The molecule has 3 N–H and O–H groups in total. The lowest BCUT2D eigenvalue weighted by atomic mass is 9.84. The van der Waals surface area contributed by atoms with E-state index >= 15 is 0 Å². The summed E-state index contributed by atoms with van der Waals surface area (Å²) in [5.41, 5.74) is 8.24. The highest BCUT2D eigenvalue weighted by molar-refractivity contribution is 6.30. The Hall–Kier alpha value is -1.55. The summed E-state index contributed by atoms with van der Waals surface area (Å²) < 4.78 is 0. The minimum absolute atomic E-state index is 0.0540. The Balaban J connectivity index is 2.30. The summed E-state index contributed by atoms with van der Waals surface area (Å²) in [6, 6.07) is 14.4. The van der Waals surface area contributed by atoms with Gasteiger partial charge in [0.2, 0.25) is 0 Å². The van der Waals surface area contributed by atoms with Crippen LogP contribution < -0.4 is 5.73 Å². The monoisotopic (exact) mass is 337 g/mol. The van der Waals surface area contributed by atoms with E-state index in [1.807, 2.05) is 30.3 Å². The zero-order chi connectivity index (χ0) is 16.1. The molecular weight excluding hydrogens is 321 g/mol. The van der Waals surface area contributed by atoms with E-state index in [2.05, 4.69) is 0 Å². The second-order valence-electron chi connectivity index (χ2n) is 5.17. The molecule has 0 fully saturated rings.